The van der Waals surface area contributed by atoms with E-state index in [1.165, 1.54) is 7.11 Å². The minimum atomic E-state index is -0.940. The Morgan fingerprint density at radius 3 is 2.28 bits per heavy atom. The van der Waals surface area contributed by atoms with Gasteiger partial charge < -0.3 is 9.16 Å². The zero-order chi connectivity index (χ0) is 13.9. The fourth-order valence-electron chi connectivity index (χ4n) is 1.71. The summed E-state index contributed by atoms with van der Waals surface area (Å²) in [5, 5.41) is 0. The molecule has 0 saturated carbocycles. The Morgan fingerprint density at radius 2 is 1.83 bits per heavy atom. The normalized spacial score (nSPS) is 11.5. The van der Waals surface area contributed by atoms with Crippen LogP contribution in [0.25, 0.3) is 0 Å². The van der Waals surface area contributed by atoms with Gasteiger partial charge in [-0.2, -0.15) is 0 Å². The van der Waals surface area contributed by atoms with Crippen LogP contribution in [0.1, 0.15) is 36.7 Å². The fourth-order valence-corrected chi connectivity index (χ4v) is 2.34. The molecule has 1 rings (SSSR count). The first-order valence-electron chi connectivity index (χ1n) is 5.97. The topological polar surface area (TPSA) is 35.5 Å². The average molecular weight is 265 g/mol. The molecule has 0 amide bonds. The van der Waals surface area contributed by atoms with Gasteiger partial charge in [0.2, 0.25) is 0 Å². The van der Waals surface area contributed by atoms with Crippen LogP contribution in [0.4, 0.5) is 0 Å². The van der Waals surface area contributed by atoms with Crippen molar-refractivity contribution in [2.45, 2.75) is 39.3 Å². The lowest BCUT2D eigenvalue weighted by atomic mass is 9.85. The largest absolute Gasteiger partial charge is 0.542 e. The highest BCUT2D eigenvalue weighted by Crippen LogP contribution is 2.34. The molecule has 1 radical (unpaired) electrons. The first-order chi connectivity index (χ1) is 8.27. The highest BCUT2D eigenvalue weighted by atomic mass is 28.3. The molecule has 1 aromatic carbocycles. The van der Waals surface area contributed by atoms with E-state index in [2.05, 4.69) is 20.8 Å². The lowest BCUT2D eigenvalue weighted by molar-refractivity contribution is 0.0598. The maximum atomic E-state index is 11.8. The van der Waals surface area contributed by atoms with Crippen LogP contribution in [0.3, 0.4) is 0 Å². The molecular weight excluding hydrogens is 244 g/mol. The number of hydrogen-bond donors (Lipinski definition) is 0. The predicted octanol–water partition coefficient (Wildman–Crippen LogP) is 3.40. The fraction of sp³-hybridized carbons (Fsp3) is 0.500. The summed E-state index contributed by atoms with van der Waals surface area (Å²) in [6.45, 7) is 10.4. The van der Waals surface area contributed by atoms with Gasteiger partial charge in [0.1, 0.15) is 11.3 Å². The van der Waals surface area contributed by atoms with E-state index in [1.54, 1.807) is 6.07 Å². The number of carbonyl (C=O) groups is 1. The molecule has 4 heteroatoms. The minimum absolute atomic E-state index is 0.0727. The smallest absolute Gasteiger partial charge is 0.341 e. The molecule has 0 saturated heterocycles. The number of ether oxygens (including phenoxy) is 1. The highest BCUT2D eigenvalue weighted by molar-refractivity contribution is 6.49. The molecule has 0 fully saturated rings. The van der Waals surface area contributed by atoms with E-state index in [1.807, 2.05) is 25.2 Å². The van der Waals surface area contributed by atoms with Crippen molar-refractivity contribution in [1.82, 2.24) is 0 Å². The van der Waals surface area contributed by atoms with Crippen LogP contribution >= 0.6 is 0 Å². The van der Waals surface area contributed by atoms with Crippen LogP contribution in [0.15, 0.2) is 18.2 Å². The van der Waals surface area contributed by atoms with Crippen molar-refractivity contribution in [2.24, 2.45) is 0 Å². The molecule has 0 bridgehead atoms. The summed E-state index contributed by atoms with van der Waals surface area (Å²) in [4.78, 5) is 11.8. The predicted molar refractivity (Wildman–Crippen MR) is 74.6 cm³/mol. The van der Waals surface area contributed by atoms with Gasteiger partial charge in [0.25, 0.3) is 9.04 Å². The van der Waals surface area contributed by atoms with Crippen LogP contribution in [0.5, 0.6) is 5.75 Å². The van der Waals surface area contributed by atoms with E-state index in [4.69, 9.17) is 9.16 Å². The summed E-state index contributed by atoms with van der Waals surface area (Å²) in [5.41, 5.74) is 1.48. The molecule has 0 aromatic heterocycles. The summed E-state index contributed by atoms with van der Waals surface area (Å²) in [6, 6.07) is 5.63. The number of rotatable bonds is 3. The van der Waals surface area contributed by atoms with Crippen LogP contribution in [-0.4, -0.2) is 22.1 Å². The zero-order valence-electron chi connectivity index (χ0n) is 12.0. The molecule has 0 heterocycles. The first-order valence-corrected chi connectivity index (χ1v) is 8.38. The molecule has 0 spiro atoms. The first kappa shape index (κ1) is 14.8. The number of carbonyl (C=O) groups excluding carboxylic acids is 1. The van der Waals surface area contributed by atoms with Gasteiger partial charge in [-0.25, -0.2) is 4.79 Å². The van der Waals surface area contributed by atoms with E-state index in [9.17, 15) is 4.79 Å². The molecule has 0 atom stereocenters. The Hall–Kier alpha value is -1.29. The highest BCUT2D eigenvalue weighted by Gasteiger charge is 2.24. The van der Waals surface area contributed by atoms with Crippen molar-refractivity contribution < 1.29 is 14.0 Å². The summed E-state index contributed by atoms with van der Waals surface area (Å²) in [5.74, 6) is 0.329. The van der Waals surface area contributed by atoms with Gasteiger partial charge in [0.05, 0.1) is 7.11 Å². The van der Waals surface area contributed by atoms with Gasteiger partial charge in [-0.05, 0) is 30.1 Å². The third kappa shape index (κ3) is 3.35. The molecule has 1 aromatic rings. The molecule has 0 aliphatic rings. The molecule has 0 unspecified atom stereocenters. The summed E-state index contributed by atoms with van der Waals surface area (Å²) in [7, 11) is 0.449. The van der Waals surface area contributed by atoms with E-state index >= 15 is 0 Å². The second-order valence-corrected chi connectivity index (χ2v) is 7.45. The van der Waals surface area contributed by atoms with Crippen molar-refractivity contribution in [1.29, 1.82) is 0 Å². The van der Waals surface area contributed by atoms with Gasteiger partial charge in [0, 0.05) is 0 Å². The van der Waals surface area contributed by atoms with E-state index < -0.39 is 9.04 Å². The summed E-state index contributed by atoms with van der Waals surface area (Å²) in [6.07, 6.45) is 0. The van der Waals surface area contributed by atoms with Crippen molar-refractivity contribution >= 4 is 15.0 Å². The zero-order valence-corrected chi connectivity index (χ0v) is 13.0. The number of esters is 1. The van der Waals surface area contributed by atoms with Gasteiger partial charge in [-0.1, -0.05) is 32.9 Å². The van der Waals surface area contributed by atoms with Crippen LogP contribution in [0.2, 0.25) is 13.1 Å². The SMILES string of the molecule is COC(=O)c1cccc(C(C)(C)C)c1O[Si](C)C. The lowest BCUT2D eigenvalue weighted by Gasteiger charge is -2.25. The molecule has 99 valence electrons. The Balaban J connectivity index is 3.39. The lowest BCUT2D eigenvalue weighted by Crippen LogP contribution is -2.21. The number of para-hydroxylation sites is 1. The Morgan fingerprint density at radius 1 is 1.22 bits per heavy atom. The quantitative estimate of drug-likeness (QED) is 0.620. The van der Waals surface area contributed by atoms with E-state index in [-0.39, 0.29) is 11.4 Å². The Labute approximate surface area is 111 Å². The summed E-state index contributed by atoms with van der Waals surface area (Å²) < 4.78 is 10.7. The van der Waals surface area contributed by atoms with Crippen molar-refractivity contribution in [3.63, 3.8) is 0 Å². The molecule has 0 N–H and O–H groups in total. The second kappa shape index (κ2) is 5.57. The summed E-state index contributed by atoms with van der Waals surface area (Å²) >= 11 is 0. The second-order valence-electron chi connectivity index (χ2n) is 5.43. The maximum Gasteiger partial charge on any atom is 0.341 e. The van der Waals surface area contributed by atoms with Gasteiger partial charge in [-0.15, -0.1) is 0 Å². The minimum Gasteiger partial charge on any atom is -0.542 e. The molecular formula is C14H21O3Si. The van der Waals surface area contributed by atoms with Gasteiger partial charge in [0.15, 0.2) is 0 Å². The van der Waals surface area contributed by atoms with Crippen LogP contribution < -0.4 is 4.43 Å². The molecule has 0 aliphatic carbocycles. The monoisotopic (exact) mass is 265 g/mol. The molecule has 0 aliphatic heterocycles. The van der Waals surface area contributed by atoms with Crippen LogP contribution in [-0.2, 0) is 10.2 Å². The average Bonchev–Trinajstić information content (AvgIpc) is 2.26. The molecule has 18 heavy (non-hydrogen) atoms. The van der Waals surface area contributed by atoms with Crippen molar-refractivity contribution in [3.05, 3.63) is 29.3 Å². The van der Waals surface area contributed by atoms with Crippen LogP contribution in [0, 0.1) is 0 Å². The van der Waals surface area contributed by atoms with Crippen molar-refractivity contribution in [3.8, 4) is 5.75 Å². The van der Waals surface area contributed by atoms with E-state index in [0.717, 1.165) is 5.56 Å². The number of benzene rings is 1. The van der Waals surface area contributed by atoms with Gasteiger partial charge in [-0.3, -0.25) is 0 Å². The Kier molecular flexibility index (Phi) is 4.57. The van der Waals surface area contributed by atoms with Gasteiger partial charge >= 0.3 is 5.97 Å². The third-order valence-corrected chi connectivity index (χ3v) is 3.15. The van der Waals surface area contributed by atoms with E-state index in [0.29, 0.717) is 11.3 Å². The Bertz CT molecular complexity index is 433. The third-order valence-electron chi connectivity index (χ3n) is 2.53. The molecule has 3 nitrogen and oxygen atoms in total. The van der Waals surface area contributed by atoms with Crippen molar-refractivity contribution in [2.75, 3.05) is 7.11 Å². The number of hydrogen-bond acceptors (Lipinski definition) is 3. The standard InChI is InChI=1S/C14H21O3Si/c1-14(2,3)11-9-7-8-10(13(15)16-4)12(11)17-18(5)6/h7-9H,1-6H3. The maximum absolute atomic E-state index is 11.8. The number of methoxy groups -OCH3 is 1.